The topological polar surface area (TPSA) is 69.6 Å². The lowest BCUT2D eigenvalue weighted by Gasteiger charge is -2.20. The molecule has 3 rings (SSSR count). The Kier molecular flexibility index (Phi) is 4.55. The first-order valence-corrected chi connectivity index (χ1v) is 7.99. The molecule has 126 valence electrons. The lowest BCUT2D eigenvalue weighted by Crippen LogP contribution is -2.21. The number of aromatic nitrogens is 1. The van der Waals surface area contributed by atoms with Gasteiger partial charge < -0.3 is 19.4 Å². The second kappa shape index (κ2) is 6.78. The standard InChI is InChI=1S/C18H20N2O4/c1-3-24-18(22)15-11-14(17-19-9-4-10-20(15)17)16(21)12-5-7-13(23-2)8-6-12/h5-8,11,19H,3-4,9-10H2,1-2H3. The summed E-state index contributed by atoms with van der Waals surface area (Å²) < 4.78 is 12.1. The van der Waals surface area contributed by atoms with E-state index in [2.05, 4.69) is 5.32 Å². The Balaban J connectivity index is 2.00. The first-order valence-electron chi connectivity index (χ1n) is 7.99. The molecule has 0 atom stereocenters. The molecule has 0 radical (unpaired) electrons. The summed E-state index contributed by atoms with van der Waals surface area (Å²) in [5.41, 5.74) is 1.45. The lowest BCUT2D eigenvalue weighted by molar-refractivity contribution is 0.0513. The van der Waals surface area contributed by atoms with Crippen molar-refractivity contribution in [1.29, 1.82) is 0 Å². The number of hydrogen-bond donors (Lipinski definition) is 1. The van der Waals surface area contributed by atoms with Crippen LogP contribution in [0.5, 0.6) is 5.75 Å². The van der Waals surface area contributed by atoms with Gasteiger partial charge >= 0.3 is 5.97 Å². The number of carbonyl (C=O) groups is 2. The molecule has 1 aliphatic rings. The van der Waals surface area contributed by atoms with Crippen LogP contribution in [0.2, 0.25) is 0 Å². The Morgan fingerprint density at radius 1 is 1.25 bits per heavy atom. The number of methoxy groups -OCH3 is 1. The van der Waals surface area contributed by atoms with Crippen molar-refractivity contribution in [2.45, 2.75) is 19.9 Å². The number of anilines is 1. The highest BCUT2D eigenvalue weighted by Crippen LogP contribution is 2.28. The lowest BCUT2D eigenvalue weighted by atomic mass is 10.0. The second-order valence-electron chi connectivity index (χ2n) is 5.50. The number of rotatable bonds is 5. The minimum absolute atomic E-state index is 0.133. The molecule has 0 saturated carbocycles. The maximum Gasteiger partial charge on any atom is 0.355 e. The van der Waals surface area contributed by atoms with Crippen molar-refractivity contribution in [2.24, 2.45) is 0 Å². The van der Waals surface area contributed by atoms with Crippen molar-refractivity contribution in [1.82, 2.24) is 4.57 Å². The van der Waals surface area contributed by atoms with Gasteiger partial charge in [-0.25, -0.2) is 4.79 Å². The van der Waals surface area contributed by atoms with E-state index in [-0.39, 0.29) is 5.78 Å². The Bertz CT molecular complexity index is 762. The Labute approximate surface area is 140 Å². The summed E-state index contributed by atoms with van der Waals surface area (Å²) in [6.07, 6.45) is 0.893. The predicted octanol–water partition coefficient (Wildman–Crippen LogP) is 2.72. The molecule has 1 aromatic carbocycles. The van der Waals surface area contributed by atoms with Crippen molar-refractivity contribution in [2.75, 3.05) is 25.6 Å². The average Bonchev–Trinajstić information content (AvgIpc) is 3.01. The molecule has 0 saturated heterocycles. The monoisotopic (exact) mass is 328 g/mol. The van der Waals surface area contributed by atoms with E-state index in [1.807, 2.05) is 4.57 Å². The second-order valence-corrected chi connectivity index (χ2v) is 5.50. The number of ketones is 1. The number of nitrogens with one attached hydrogen (secondary N) is 1. The summed E-state index contributed by atoms with van der Waals surface area (Å²) in [6, 6.07) is 8.55. The third kappa shape index (κ3) is 2.87. The van der Waals surface area contributed by atoms with Gasteiger partial charge in [-0.3, -0.25) is 4.79 Å². The smallest absolute Gasteiger partial charge is 0.355 e. The van der Waals surface area contributed by atoms with Crippen LogP contribution in [0.15, 0.2) is 30.3 Å². The summed E-state index contributed by atoms with van der Waals surface area (Å²) in [5, 5.41) is 3.23. The number of fused-ring (bicyclic) bond motifs is 1. The van der Waals surface area contributed by atoms with Crippen molar-refractivity contribution >= 4 is 17.6 Å². The molecule has 0 aliphatic carbocycles. The fourth-order valence-electron chi connectivity index (χ4n) is 2.86. The zero-order chi connectivity index (χ0) is 17.1. The van der Waals surface area contributed by atoms with Crippen LogP contribution >= 0.6 is 0 Å². The Hall–Kier alpha value is -2.76. The molecule has 6 nitrogen and oxygen atoms in total. The van der Waals surface area contributed by atoms with Gasteiger partial charge in [0.05, 0.1) is 19.3 Å². The molecule has 2 aromatic rings. The van der Waals surface area contributed by atoms with Crippen molar-refractivity contribution < 1.29 is 19.1 Å². The zero-order valence-corrected chi connectivity index (χ0v) is 13.8. The number of hydrogen-bond acceptors (Lipinski definition) is 5. The molecular formula is C18H20N2O4. The first kappa shape index (κ1) is 16.1. The molecule has 6 heteroatoms. The van der Waals surface area contributed by atoms with Gasteiger partial charge in [0.2, 0.25) is 0 Å². The molecule has 1 N–H and O–H groups in total. The van der Waals surface area contributed by atoms with E-state index in [1.165, 1.54) is 0 Å². The average molecular weight is 328 g/mol. The maximum atomic E-state index is 12.9. The van der Waals surface area contributed by atoms with Gasteiger partial charge in [0.15, 0.2) is 5.78 Å². The molecule has 2 heterocycles. The van der Waals surface area contributed by atoms with Gasteiger partial charge in [-0.1, -0.05) is 0 Å². The first-order chi connectivity index (χ1) is 11.7. The van der Waals surface area contributed by atoms with E-state index in [4.69, 9.17) is 9.47 Å². The van der Waals surface area contributed by atoms with E-state index in [9.17, 15) is 9.59 Å². The number of benzene rings is 1. The summed E-state index contributed by atoms with van der Waals surface area (Å²) >= 11 is 0. The SMILES string of the molecule is CCOC(=O)c1cc(C(=O)c2ccc(OC)cc2)c2n1CCCN2. The minimum Gasteiger partial charge on any atom is -0.497 e. The van der Waals surface area contributed by atoms with E-state index >= 15 is 0 Å². The van der Waals surface area contributed by atoms with E-state index < -0.39 is 5.97 Å². The van der Waals surface area contributed by atoms with Crippen LogP contribution in [0.4, 0.5) is 5.82 Å². The highest BCUT2D eigenvalue weighted by Gasteiger charge is 2.26. The van der Waals surface area contributed by atoms with Gasteiger partial charge in [0.25, 0.3) is 0 Å². The van der Waals surface area contributed by atoms with Crippen LogP contribution in [0.3, 0.4) is 0 Å². The summed E-state index contributed by atoms with van der Waals surface area (Å²) in [5.74, 6) is 0.837. The highest BCUT2D eigenvalue weighted by atomic mass is 16.5. The van der Waals surface area contributed by atoms with Gasteiger partial charge in [-0.15, -0.1) is 0 Å². The van der Waals surface area contributed by atoms with E-state index in [0.717, 1.165) is 13.0 Å². The number of esters is 1. The van der Waals surface area contributed by atoms with Crippen molar-refractivity contribution in [3.05, 3.63) is 47.2 Å². The highest BCUT2D eigenvalue weighted by molar-refractivity contribution is 6.13. The molecule has 0 spiro atoms. The number of carbonyl (C=O) groups excluding carboxylic acids is 2. The van der Waals surface area contributed by atoms with Crippen molar-refractivity contribution in [3.8, 4) is 5.75 Å². The fraction of sp³-hybridized carbons (Fsp3) is 0.333. The van der Waals surface area contributed by atoms with Gasteiger partial charge in [-0.2, -0.15) is 0 Å². The van der Waals surface area contributed by atoms with Gasteiger partial charge in [0.1, 0.15) is 17.3 Å². The summed E-state index contributed by atoms with van der Waals surface area (Å²) in [4.78, 5) is 25.0. The zero-order valence-electron chi connectivity index (χ0n) is 13.8. The molecule has 24 heavy (non-hydrogen) atoms. The van der Waals surface area contributed by atoms with Crippen LogP contribution < -0.4 is 10.1 Å². The summed E-state index contributed by atoms with van der Waals surface area (Å²) in [7, 11) is 1.58. The Morgan fingerprint density at radius 3 is 2.67 bits per heavy atom. The van der Waals surface area contributed by atoms with E-state index in [1.54, 1.807) is 44.4 Å². The Morgan fingerprint density at radius 2 is 2.00 bits per heavy atom. The summed E-state index contributed by atoms with van der Waals surface area (Å²) in [6.45, 7) is 3.52. The predicted molar refractivity (Wildman–Crippen MR) is 89.9 cm³/mol. The molecular weight excluding hydrogens is 308 g/mol. The van der Waals surface area contributed by atoms with Crippen LogP contribution in [-0.4, -0.2) is 36.6 Å². The molecule has 0 amide bonds. The molecule has 0 unspecified atom stereocenters. The molecule has 0 fully saturated rings. The van der Waals surface area contributed by atoms with E-state index in [0.29, 0.717) is 41.5 Å². The third-order valence-electron chi connectivity index (χ3n) is 4.03. The number of ether oxygens (including phenoxy) is 2. The van der Waals surface area contributed by atoms with Crippen LogP contribution in [0, 0.1) is 0 Å². The van der Waals surface area contributed by atoms with Crippen LogP contribution in [-0.2, 0) is 11.3 Å². The maximum absolute atomic E-state index is 12.9. The fourth-order valence-corrected chi connectivity index (χ4v) is 2.86. The molecule has 0 bridgehead atoms. The number of nitrogens with zero attached hydrogens (tertiary/aromatic N) is 1. The van der Waals surface area contributed by atoms with Crippen LogP contribution in [0.25, 0.3) is 0 Å². The van der Waals surface area contributed by atoms with Gasteiger partial charge in [-0.05, 0) is 43.7 Å². The molecule has 1 aromatic heterocycles. The molecule has 1 aliphatic heterocycles. The largest absolute Gasteiger partial charge is 0.497 e. The van der Waals surface area contributed by atoms with Gasteiger partial charge in [0, 0.05) is 18.7 Å². The third-order valence-corrected chi connectivity index (χ3v) is 4.03. The van der Waals surface area contributed by atoms with Crippen molar-refractivity contribution in [3.63, 3.8) is 0 Å². The normalized spacial score (nSPS) is 12.9. The quantitative estimate of drug-likeness (QED) is 0.675. The van der Waals surface area contributed by atoms with Crippen LogP contribution in [0.1, 0.15) is 39.8 Å². The minimum atomic E-state index is -0.406.